The van der Waals surface area contributed by atoms with E-state index in [1.54, 1.807) is 0 Å². The average Bonchev–Trinajstić information content (AvgIpc) is 2.11. The normalized spacial score (nSPS) is 18.2. The Morgan fingerprint density at radius 2 is 1.84 bits per heavy atom. The fourth-order valence-corrected chi connectivity index (χ4v) is 3.15. The molecule has 7 nitrogen and oxygen atoms in total. The molecular weight excluding hydrogens is 294 g/mol. The summed E-state index contributed by atoms with van der Waals surface area (Å²) in [6.07, 6.45) is 4.06. The Bertz CT molecular complexity index is 435. The van der Waals surface area contributed by atoms with Gasteiger partial charge in [0.2, 0.25) is 0 Å². The number of hydrogen-bond acceptors (Lipinski definition) is 4. The van der Waals surface area contributed by atoms with Crippen molar-refractivity contribution in [3.8, 4) is 0 Å². The first kappa shape index (κ1) is 18.7. The second kappa shape index (κ2) is 6.95. The van der Waals surface area contributed by atoms with Crippen LogP contribution in [0.25, 0.3) is 0 Å². The van der Waals surface area contributed by atoms with Gasteiger partial charge in [0.05, 0.1) is 5.60 Å². The molecule has 3 N–H and O–H groups in total. The first-order valence-corrected chi connectivity index (χ1v) is 8.49. The summed E-state index contributed by atoms with van der Waals surface area (Å²) < 4.78 is 30.5. The zero-order valence-corrected chi connectivity index (χ0v) is 12.9. The van der Waals surface area contributed by atoms with E-state index in [-0.39, 0.29) is 0 Å². The topological polar surface area (TPSA) is 113 Å². The van der Waals surface area contributed by atoms with Gasteiger partial charge in [-0.2, -0.15) is 4.31 Å². The van der Waals surface area contributed by atoms with Crippen LogP contribution in [0.3, 0.4) is 0 Å². The van der Waals surface area contributed by atoms with E-state index in [1.165, 1.54) is 13.0 Å². The molecule has 2 atom stereocenters. The molecule has 19 heavy (non-hydrogen) atoms. The molecule has 0 rings (SSSR count). The zero-order chi connectivity index (χ0) is 15.3. The van der Waals surface area contributed by atoms with Crippen LogP contribution >= 0.6 is 15.6 Å². The average molecular weight is 314 g/mol. The van der Waals surface area contributed by atoms with Crippen molar-refractivity contribution in [2.75, 3.05) is 0 Å². The van der Waals surface area contributed by atoms with Crippen molar-refractivity contribution in [3.05, 3.63) is 24.3 Å². The van der Waals surface area contributed by atoms with Gasteiger partial charge in [-0.05, 0) is 33.6 Å². The Hall–Kier alpha value is -0.260. The molecule has 0 aliphatic carbocycles. The van der Waals surface area contributed by atoms with E-state index >= 15 is 0 Å². The van der Waals surface area contributed by atoms with Gasteiger partial charge in [0.15, 0.2) is 0 Å². The predicted octanol–water partition coefficient (Wildman–Crippen LogP) is 2.90. The summed E-state index contributed by atoms with van der Waals surface area (Å²) >= 11 is 0. The Kier molecular flexibility index (Phi) is 6.86. The van der Waals surface area contributed by atoms with Crippen LogP contribution in [0.4, 0.5) is 0 Å². The van der Waals surface area contributed by atoms with Crippen molar-refractivity contribution in [2.24, 2.45) is 0 Å². The number of phosphoric ester groups is 1. The largest absolute Gasteiger partial charge is 0.481 e. The number of rotatable bonds is 8. The molecule has 0 bridgehead atoms. The lowest BCUT2D eigenvalue weighted by atomic mass is 10.00. The highest BCUT2D eigenvalue weighted by Gasteiger charge is 2.38. The molecule has 112 valence electrons. The van der Waals surface area contributed by atoms with Crippen LogP contribution in [-0.2, 0) is 18.0 Å². The summed E-state index contributed by atoms with van der Waals surface area (Å²) in [6.45, 7) is 8.77. The Morgan fingerprint density at radius 3 is 2.21 bits per heavy atom. The maximum Gasteiger partial charge on any atom is 0.481 e. The molecule has 0 spiro atoms. The summed E-state index contributed by atoms with van der Waals surface area (Å²) in [5.41, 5.74) is -0.157. The van der Waals surface area contributed by atoms with Gasteiger partial charge < -0.3 is 14.7 Å². The summed E-state index contributed by atoms with van der Waals surface area (Å²) in [4.78, 5) is 26.3. The molecule has 0 amide bonds. The Balaban J connectivity index is 4.78. The molecule has 0 saturated heterocycles. The van der Waals surface area contributed by atoms with E-state index in [4.69, 9.17) is 14.3 Å². The van der Waals surface area contributed by atoms with Gasteiger partial charge >= 0.3 is 15.6 Å². The van der Waals surface area contributed by atoms with Crippen molar-refractivity contribution in [2.45, 2.75) is 39.2 Å². The lowest BCUT2D eigenvalue weighted by Gasteiger charge is -2.27. The van der Waals surface area contributed by atoms with Crippen molar-refractivity contribution < 1.29 is 32.6 Å². The second-order valence-electron chi connectivity index (χ2n) is 4.47. The van der Waals surface area contributed by atoms with Crippen molar-refractivity contribution in [3.63, 3.8) is 0 Å². The lowest BCUT2D eigenvalue weighted by molar-refractivity contribution is 0.0803. The van der Waals surface area contributed by atoms with Gasteiger partial charge in [0.25, 0.3) is 0 Å². The molecule has 2 unspecified atom stereocenters. The first-order valence-electron chi connectivity index (χ1n) is 5.46. The van der Waals surface area contributed by atoms with E-state index in [0.717, 1.165) is 5.57 Å². The van der Waals surface area contributed by atoms with Crippen LogP contribution < -0.4 is 0 Å². The molecular formula is C10H20O7P2. The lowest BCUT2D eigenvalue weighted by Crippen LogP contribution is -2.24. The van der Waals surface area contributed by atoms with Crippen molar-refractivity contribution in [1.29, 1.82) is 0 Å². The molecule has 0 aromatic carbocycles. The molecule has 0 radical (unpaired) electrons. The van der Waals surface area contributed by atoms with Crippen LogP contribution in [0.2, 0.25) is 0 Å². The maximum atomic E-state index is 11.5. The van der Waals surface area contributed by atoms with Gasteiger partial charge in [-0.25, -0.2) is 9.13 Å². The predicted molar refractivity (Wildman–Crippen MR) is 71.3 cm³/mol. The highest BCUT2D eigenvalue weighted by molar-refractivity contribution is 7.60. The third-order valence-corrected chi connectivity index (χ3v) is 4.48. The first-order chi connectivity index (χ1) is 8.39. The minimum absolute atomic E-state index is 0.316. The fraction of sp³-hybridized carbons (Fsp3) is 0.600. The fourth-order valence-electron chi connectivity index (χ4n) is 1.25. The van der Waals surface area contributed by atoms with Crippen molar-refractivity contribution in [1.82, 2.24) is 0 Å². The summed E-state index contributed by atoms with van der Waals surface area (Å²) in [5.74, 6) is 0. The minimum Gasteiger partial charge on any atom is -0.302 e. The molecule has 0 saturated carbocycles. The van der Waals surface area contributed by atoms with Gasteiger partial charge in [0, 0.05) is 0 Å². The van der Waals surface area contributed by atoms with Crippen molar-refractivity contribution >= 4 is 15.6 Å². The van der Waals surface area contributed by atoms with Gasteiger partial charge in [-0.15, -0.1) is 6.58 Å². The van der Waals surface area contributed by atoms with Crippen LogP contribution in [-0.4, -0.2) is 20.3 Å². The van der Waals surface area contributed by atoms with Crippen LogP contribution in [0, 0.1) is 0 Å². The Morgan fingerprint density at radius 1 is 1.32 bits per heavy atom. The quantitative estimate of drug-likeness (QED) is 0.466. The zero-order valence-electron chi connectivity index (χ0n) is 11.1. The highest BCUT2D eigenvalue weighted by Crippen LogP contribution is 2.59. The molecule has 0 aliphatic rings. The third-order valence-electron chi connectivity index (χ3n) is 2.16. The van der Waals surface area contributed by atoms with Gasteiger partial charge in [-0.1, -0.05) is 17.7 Å². The monoisotopic (exact) mass is 314 g/mol. The summed E-state index contributed by atoms with van der Waals surface area (Å²) in [6, 6.07) is 0. The highest BCUT2D eigenvalue weighted by atomic mass is 31.3. The van der Waals surface area contributed by atoms with E-state index in [2.05, 4.69) is 10.9 Å². The summed E-state index contributed by atoms with van der Waals surface area (Å²) in [7, 11) is -9.98. The molecule has 0 heterocycles. The van der Waals surface area contributed by atoms with Crippen LogP contribution in [0.1, 0.15) is 33.6 Å². The smallest absolute Gasteiger partial charge is 0.302 e. The molecule has 0 aromatic heterocycles. The number of allylic oxidation sites excluding steroid dienone is 2. The van der Waals surface area contributed by atoms with E-state index in [9.17, 15) is 14.0 Å². The van der Waals surface area contributed by atoms with Gasteiger partial charge in [0.1, 0.15) is 0 Å². The molecule has 0 aromatic rings. The SMILES string of the molecule is C=CC(C)(CCC=C(C)C)OP(=O)(O)OP(=O)(O)O. The number of phosphoric acid groups is 2. The number of hydrogen-bond donors (Lipinski definition) is 3. The molecule has 0 aliphatic heterocycles. The van der Waals surface area contributed by atoms with E-state index in [0.29, 0.717) is 12.8 Å². The standard InChI is InChI=1S/C10H20O7P2/c1-5-10(4,8-6-7-9(2)3)16-19(14,15)17-18(11,12)13/h5,7H,1,6,8H2,2-4H3,(H,14,15)(H2,11,12,13). The van der Waals surface area contributed by atoms with E-state index < -0.39 is 21.2 Å². The second-order valence-corrected chi connectivity index (χ2v) is 7.22. The van der Waals surface area contributed by atoms with E-state index in [1.807, 2.05) is 19.9 Å². The Labute approximate surface area is 112 Å². The minimum atomic E-state index is -5.11. The third kappa shape index (κ3) is 9.30. The van der Waals surface area contributed by atoms with Crippen LogP contribution in [0.5, 0.6) is 0 Å². The van der Waals surface area contributed by atoms with Gasteiger partial charge in [-0.3, -0.25) is 4.52 Å². The maximum absolute atomic E-state index is 11.5. The molecule has 9 heteroatoms. The molecule has 0 fully saturated rings. The summed E-state index contributed by atoms with van der Waals surface area (Å²) in [5, 5.41) is 0. The van der Waals surface area contributed by atoms with Crippen LogP contribution in [0.15, 0.2) is 24.3 Å².